The summed E-state index contributed by atoms with van der Waals surface area (Å²) in [4.78, 5) is 31.4. The summed E-state index contributed by atoms with van der Waals surface area (Å²) in [7, 11) is 0. The first-order chi connectivity index (χ1) is 8.65. The van der Waals surface area contributed by atoms with Gasteiger partial charge in [0.2, 0.25) is 0 Å². The van der Waals surface area contributed by atoms with Crippen LogP contribution in [0.5, 0.6) is 0 Å². The van der Waals surface area contributed by atoms with Crippen LogP contribution in [0.15, 0.2) is 34.2 Å². The molecule has 18 heavy (non-hydrogen) atoms. The maximum Gasteiger partial charge on any atom is 0.325 e. The van der Waals surface area contributed by atoms with E-state index in [9.17, 15) is 9.59 Å². The fraction of sp³-hybridized carbons (Fsp3) is 0.0909. The molecule has 0 radical (unpaired) electrons. The highest BCUT2D eigenvalue weighted by molar-refractivity contribution is 5.60. The Hall–Kier alpha value is -2.70. The molecule has 0 fully saturated rings. The van der Waals surface area contributed by atoms with Crippen LogP contribution in [0.2, 0.25) is 0 Å². The second-order valence-electron chi connectivity index (χ2n) is 3.89. The molecule has 3 heterocycles. The van der Waals surface area contributed by atoms with Gasteiger partial charge >= 0.3 is 5.69 Å². The molecule has 0 aliphatic heterocycles. The van der Waals surface area contributed by atoms with E-state index in [4.69, 9.17) is 0 Å². The summed E-state index contributed by atoms with van der Waals surface area (Å²) in [6.07, 6.45) is 4.69. The normalized spacial score (nSPS) is 10.9. The van der Waals surface area contributed by atoms with Crippen LogP contribution in [0.1, 0.15) is 5.56 Å². The second kappa shape index (κ2) is 3.66. The zero-order valence-corrected chi connectivity index (χ0v) is 9.47. The third-order valence-corrected chi connectivity index (χ3v) is 2.64. The first-order valence-corrected chi connectivity index (χ1v) is 5.28. The summed E-state index contributed by atoms with van der Waals surface area (Å²) in [6.45, 7) is 1.88. The van der Waals surface area contributed by atoms with Gasteiger partial charge in [0.15, 0.2) is 5.65 Å². The van der Waals surface area contributed by atoms with E-state index in [1.807, 2.05) is 6.92 Å². The van der Waals surface area contributed by atoms with Crippen LogP contribution >= 0.6 is 0 Å². The lowest BCUT2D eigenvalue weighted by atomic mass is 10.2. The largest absolute Gasteiger partial charge is 0.325 e. The molecule has 3 aromatic heterocycles. The molecule has 7 nitrogen and oxygen atoms in total. The van der Waals surface area contributed by atoms with E-state index in [2.05, 4.69) is 20.1 Å². The Labute approximate surface area is 100 Å². The van der Waals surface area contributed by atoms with Crippen molar-refractivity contribution >= 4 is 5.65 Å². The molecule has 3 rings (SSSR count). The van der Waals surface area contributed by atoms with E-state index in [0.717, 1.165) is 11.2 Å². The lowest BCUT2D eigenvalue weighted by Gasteiger charge is -2.02. The Kier molecular flexibility index (Phi) is 2.12. The lowest BCUT2D eigenvalue weighted by molar-refractivity contribution is 0.926. The number of H-pyrrole nitrogens is 2. The number of nitrogens with zero attached hydrogens (tertiary/aromatic N) is 3. The highest BCUT2D eigenvalue weighted by atomic mass is 16.2. The van der Waals surface area contributed by atoms with Crippen molar-refractivity contribution in [1.29, 1.82) is 0 Å². The van der Waals surface area contributed by atoms with Crippen molar-refractivity contribution in [2.24, 2.45) is 0 Å². The summed E-state index contributed by atoms with van der Waals surface area (Å²) in [6, 6.07) is 1.76. The second-order valence-corrected chi connectivity index (χ2v) is 3.89. The summed E-state index contributed by atoms with van der Waals surface area (Å²) < 4.78 is 1.59. The van der Waals surface area contributed by atoms with E-state index in [0.29, 0.717) is 11.3 Å². The molecule has 7 heteroatoms. The smallest absolute Gasteiger partial charge is 0.313 e. The summed E-state index contributed by atoms with van der Waals surface area (Å²) in [5.74, 6) is 0. The van der Waals surface area contributed by atoms with Gasteiger partial charge in [-0.2, -0.15) is 5.10 Å². The van der Waals surface area contributed by atoms with E-state index in [1.54, 1.807) is 23.0 Å². The molecule has 0 amide bonds. The molecule has 0 aromatic carbocycles. The summed E-state index contributed by atoms with van der Waals surface area (Å²) in [5, 5.41) is 4.27. The number of aromatic nitrogens is 5. The Morgan fingerprint density at radius 2 is 2.17 bits per heavy atom. The Balaban J connectivity index is 2.31. The zero-order valence-electron chi connectivity index (χ0n) is 9.47. The SMILES string of the molecule is Cc1cc(-c2c[nH]c(=O)[nH]c2=O)nn2ccnc12. The molecule has 90 valence electrons. The van der Waals surface area contributed by atoms with E-state index >= 15 is 0 Å². The molecule has 3 aromatic rings. The van der Waals surface area contributed by atoms with Crippen molar-refractivity contribution < 1.29 is 0 Å². The van der Waals surface area contributed by atoms with E-state index in [-0.39, 0.29) is 0 Å². The number of aromatic amines is 2. The molecule has 0 saturated heterocycles. The number of fused-ring (bicyclic) bond motifs is 1. The molecule has 0 bridgehead atoms. The Morgan fingerprint density at radius 3 is 2.94 bits per heavy atom. The van der Waals surface area contributed by atoms with Crippen LogP contribution in [0, 0.1) is 6.92 Å². The van der Waals surface area contributed by atoms with Gasteiger partial charge in [0.1, 0.15) is 0 Å². The zero-order chi connectivity index (χ0) is 12.7. The summed E-state index contributed by atoms with van der Waals surface area (Å²) in [5.41, 5.74) is 1.42. The standard InChI is InChI=1S/C11H9N5O2/c1-6-4-8(15-16-3-2-12-9(6)16)7-5-13-11(18)14-10(7)17/h2-5H,1H3,(H2,13,14,17,18). The van der Waals surface area contributed by atoms with Crippen molar-refractivity contribution in [3.63, 3.8) is 0 Å². The third kappa shape index (κ3) is 1.53. The molecule has 0 unspecified atom stereocenters. The van der Waals surface area contributed by atoms with Gasteiger partial charge in [-0.05, 0) is 18.6 Å². The van der Waals surface area contributed by atoms with Gasteiger partial charge in [0, 0.05) is 18.6 Å². The monoisotopic (exact) mass is 243 g/mol. The number of aryl methyl sites for hydroxylation is 1. The number of hydrogen-bond donors (Lipinski definition) is 2. The fourth-order valence-electron chi connectivity index (χ4n) is 1.81. The maximum absolute atomic E-state index is 11.7. The average Bonchev–Trinajstić information content (AvgIpc) is 2.77. The van der Waals surface area contributed by atoms with Gasteiger partial charge in [-0.25, -0.2) is 14.3 Å². The van der Waals surface area contributed by atoms with E-state index < -0.39 is 11.2 Å². The molecule has 0 saturated carbocycles. The van der Waals surface area contributed by atoms with Crippen LogP contribution in [-0.2, 0) is 0 Å². The first kappa shape index (κ1) is 10.5. The molecule has 0 spiro atoms. The fourth-order valence-corrected chi connectivity index (χ4v) is 1.81. The summed E-state index contributed by atoms with van der Waals surface area (Å²) >= 11 is 0. The lowest BCUT2D eigenvalue weighted by Crippen LogP contribution is -2.23. The van der Waals surface area contributed by atoms with Gasteiger partial charge in [-0.15, -0.1) is 0 Å². The Bertz CT molecular complexity index is 842. The topological polar surface area (TPSA) is 95.9 Å². The van der Waals surface area contributed by atoms with Crippen molar-refractivity contribution in [3.8, 4) is 11.3 Å². The average molecular weight is 243 g/mol. The van der Waals surface area contributed by atoms with Gasteiger partial charge in [0.05, 0.1) is 11.3 Å². The number of hydrogen-bond acceptors (Lipinski definition) is 4. The molecular formula is C11H9N5O2. The highest BCUT2D eigenvalue weighted by Gasteiger charge is 2.09. The minimum absolute atomic E-state index is 0.313. The number of nitrogens with one attached hydrogen (secondary N) is 2. The van der Waals surface area contributed by atoms with Crippen LogP contribution < -0.4 is 11.2 Å². The quantitative estimate of drug-likeness (QED) is 0.632. The third-order valence-electron chi connectivity index (χ3n) is 2.64. The van der Waals surface area contributed by atoms with Crippen LogP contribution in [0.3, 0.4) is 0 Å². The van der Waals surface area contributed by atoms with Gasteiger partial charge in [-0.1, -0.05) is 0 Å². The van der Waals surface area contributed by atoms with Crippen molar-refractivity contribution in [2.75, 3.05) is 0 Å². The predicted molar refractivity (Wildman–Crippen MR) is 64.4 cm³/mol. The van der Waals surface area contributed by atoms with Crippen molar-refractivity contribution in [3.05, 3.63) is 51.1 Å². The highest BCUT2D eigenvalue weighted by Crippen LogP contribution is 2.15. The first-order valence-electron chi connectivity index (χ1n) is 5.28. The Morgan fingerprint density at radius 1 is 1.33 bits per heavy atom. The van der Waals surface area contributed by atoms with Crippen LogP contribution in [0.25, 0.3) is 16.9 Å². The predicted octanol–water partition coefficient (Wildman–Crippen LogP) is 0.0813. The molecule has 0 aliphatic rings. The minimum Gasteiger partial charge on any atom is -0.313 e. The van der Waals surface area contributed by atoms with E-state index in [1.165, 1.54) is 6.20 Å². The molecule has 2 N–H and O–H groups in total. The van der Waals surface area contributed by atoms with Crippen molar-refractivity contribution in [1.82, 2.24) is 24.6 Å². The van der Waals surface area contributed by atoms with Gasteiger partial charge < -0.3 is 4.98 Å². The molecule has 0 atom stereocenters. The van der Waals surface area contributed by atoms with Crippen LogP contribution in [0.4, 0.5) is 0 Å². The minimum atomic E-state index is -0.538. The van der Waals surface area contributed by atoms with Gasteiger partial charge in [-0.3, -0.25) is 9.78 Å². The van der Waals surface area contributed by atoms with Gasteiger partial charge in [0.25, 0.3) is 5.56 Å². The molecular weight excluding hydrogens is 234 g/mol. The maximum atomic E-state index is 11.7. The molecule has 0 aliphatic carbocycles. The number of rotatable bonds is 1. The number of imidazole rings is 1. The van der Waals surface area contributed by atoms with Crippen LogP contribution in [-0.4, -0.2) is 24.6 Å². The van der Waals surface area contributed by atoms with Crippen molar-refractivity contribution in [2.45, 2.75) is 6.92 Å².